The van der Waals surface area contributed by atoms with Crippen LogP contribution in [0.15, 0.2) is 36.2 Å². The predicted octanol–water partition coefficient (Wildman–Crippen LogP) is 3.05. The Morgan fingerprint density at radius 3 is 2.94 bits per heavy atom. The normalized spacial score (nSPS) is 13.8. The molecule has 2 heteroatoms. The van der Waals surface area contributed by atoms with Crippen molar-refractivity contribution in [1.82, 2.24) is 9.55 Å². The Balaban J connectivity index is 2.24. The van der Waals surface area contributed by atoms with E-state index in [9.17, 15) is 0 Å². The molecule has 16 heavy (non-hydrogen) atoms. The summed E-state index contributed by atoms with van der Waals surface area (Å²) in [5, 5.41) is 0. The molecule has 1 aliphatic carbocycles. The Hall–Kier alpha value is -1.83. The van der Waals surface area contributed by atoms with Gasteiger partial charge >= 0.3 is 0 Å². The zero-order valence-corrected chi connectivity index (χ0v) is 9.57. The molecule has 2 nitrogen and oxygen atoms in total. The van der Waals surface area contributed by atoms with Gasteiger partial charge in [-0.2, -0.15) is 0 Å². The molecule has 1 heterocycles. The lowest BCUT2D eigenvalue weighted by molar-refractivity contribution is 0.924. The van der Waals surface area contributed by atoms with Gasteiger partial charge in [-0.1, -0.05) is 29.8 Å². The van der Waals surface area contributed by atoms with E-state index in [4.69, 9.17) is 0 Å². The van der Waals surface area contributed by atoms with Gasteiger partial charge in [0.1, 0.15) is 5.82 Å². The van der Waals surface area contributed by atoms with Crippen LogP contribution in [0.2, 0.25) is 0 Å². The predicted molar refractivity (Wildman–Crippen MR) is 66.0 cm³/mol. The maximum atomic E-state index is 4.42. The van der Waals surface area contributed by atoms with Gasteiger partial charge in [-0.3, -0.25) is 0 Å². The molecule has 0 aliphatic heterocycles. The first-order chi connectivity index (χ1) is 7.75. The lowest BCUT2D eigenvalue weighted by Gasteiger charge is -2.07. The molecule has 0 atom stereocenters. The summed E-state index contributed by atoms with van der Waals surface area (Å²) < 4.78 is 2.07. The highest BCUT2D eigenvalue weighted by molar-refractivity contribution is 5.77. The third-order valence-electron chi connectivity index (χ3n) is 3.12. The Morgan fingerprint density at radius 1 is 1.31 bits per heavy atom. The zero-order chi connectivity index (χ0) is 11.1. The van der Waals surface area contributed by atoms with Crippen molar-refractivity contribution in [1.29, 1.82) is 0 Å². The number of allylic oxidation sites excluding steroid dienone is 1. The Labute approximate surface area is 95.3 Å². The van der Waals surface area contributed by atoms with Crippen molar-refractivity contribution < 1.29 is 0 Å². The topological polar surface area (TPSA) is 17.8 Å². The average molecular weight is 210 g/mol. The first kappa shape index (κ1) is 9.40. The number of rotatable bonds is 1. The number of fused-ring (bicyclic) bond motifs is 1. The van der Waals surface area contributed by atoms with Gasteiger partial charge in [-0.15, -0.1) is 0 Å². The molecule has 80 valence electrons. The SMILES string of the molecule is CC1=Cc2c(cccc2-c2nccn2C)C1. The molecule has 0 fully saturated rings. The summed E-state index contributed by atoms with van der Waals surface area (Å²) in [6.07, 6.45) is 7.19. The van der Waals surface area contributed by atoms with Gasteiger partial charge in [0.15, 0.2) is 0 Å². The summed E-state index contributed by atoms with van der Waals surface area (Å²) in [5.74, 6) is 1.04. The fourth-order valence-electron chi connectivity index (χ4n) is 2.36. The molecule has 0 amide bonds. The molecule has 1 aromatic heterocycles. The molecular weight excluding hydrogens is 196 g/mol. The summed E-state index contributed by atoms with van der Waals surface area (Å²) in [6, 6.07) is 6.47. The standard InChI is InChI=1S/C14H14N2/c1-10-8-11-4-3-5-12(13(11)9-10)14-15-6-7-16(14)2/h3-7,9H,8H2,1-2H3. The van der Waals surface area contributed by atoms with E-state index < -0.39 is 0 Å². The number of aryl methyl sites for hydroxylation is 1. The third kappa shape index (κ3) is 1.30. The van der Waals surface area contributed by atoms with Crippen LogP contribution < -0.4 is 0 Å². The van der Waals surface area contributed by atoms with Gasteiger partial charge in [-0.05, 0) is 24.5 Å². The highest BCUT2D eigenvalue weighted by atomic mass is 15.0. The summed E-state index contributed by atoms with van der Waals surface area (Å²) >= 11 is 0. The van der Waals surface area contributed by atoms with Gasteiger partial charge in [0.25, 0.3) is 0 Å². The van der Waals surface area contributed by atoms with Crippen LogP contribution in [0, 0.1) is 0 Å². The second-order valence-electron chi connectivity index (χ2n) is 4.41. The maximum Gasteiger partial charge on any atom is 0.140 e. The van der Waals surface area contributed by atoms with E-state index in [1.807, 2.05) is 19.4 Å². The molecule has 0 saturated heterocycles. The first-order valence-electron chi connectivity index (χ1n) is 5.52. The number of benzene rings is 1. The molecule has 0 radical (unpaired) electrons. The van der Waals surface area contributed by atoms with Crippen molar-refractivity contribution in [2.24, 2.45) is 7.05 Å². The minimum absolute atomic E-state index is 1.04. The van der Waals surface area contributed by atoms with E-state index in [1.54, 1.807) is 0 Å². The van der Waals surface area contributed by atoms with E-state index >= 15 is 0 Å². The van der Waals surface area contributed by atoms with Crippen LogP contribution >= 0.6 is 0 Å². The quantitative estimate of drug-likeness (QED) is 0.707. The molecular formula is C14H14N2. The number of aromatic nitrogens is 2. The zero-order valence-electron chi connectivity index (χ0n) is 9.57. The Kier molecular flexibility index (Phi) is 1.96. The van der Waals surface area contributed by atoms with Gasteiger partial charge in [0.2, 0.25) is 0 Å². The number of imidazole rings is 1. The van der Waals surface area contributed by atoms with Crippen molar-refractivity contribution in [3.63, 3.8) is 0 Å². The maximum absolute atomic E-state index is 4.42. The smallest absolute Gasteiger partial charge is 0.140 e. The Morgan fingerprint density at radius 2 is 2.19 bits per heavy atom. The van der Waals surface area contributed by atoms with Crippen LogP contribution in [0.25, 0.3) is 17.5 Å². The van der Waals surface area contributed by atoms with Gasteiger partial charge in [0.05, 0.1) is 0 Å². The summed E-state index contributed by atoms with van der Waals surface area (Å²) in [7, 11) is 2.03. The van der Waals surface area contributed by atoms with Crippen LogP contribution in [0.1, 0.15) is 18.1 Å². The van der Waals surface area contributed by atoms with Gasteiger partial charge < -0.3 is 4.57 Å². The fraction of sp³-hybridized carbons (Fsp3) is 0.214. The number of hydrogen-bond acceptors (Lipinski definition) is 1. The fourth-order valence-corrected chi connectivity index (χ4v) is 2.36. The van der Waals surface area contributed by atoms with Crippen molar-refractivity contribution in [3.05, 3.63) is 47.3 Å². The second kappa shape index (κ2) is 3.34. The molecule has 0 unspecified atom stereocenters. The van der Waals surface area contributed by atoms with Crippen LogP contribution in [0.5, 0.6) is 0 Å². The molecule has 3 rings (SSSR count). The molecule has 2 aromatic rings. The van der Waals surface area contributed by atoms with Gasteiger partial charge in [0, 0.05) is 25.0 Å². The summed E-state index contributed by atoms with van der Waals surface area (Å²) in [6.45, 7) is 2.18. The highest BCUT2D eigenvalue weighted by Gasteiger charge is 2.15. The molecule has 1 aromatic carbocycles. The first-order valence-corrected chi connectivity index (χ1v) is 5.52. The van der Waals surface area contributed by atoms with Crippen LogP contribution in [-0.4, -0.2) is 9.55 Å². The van der Waals surface area contributed by atoms with Crippen LogP contribution in [0.3, 0.4) is 0 Å². The average Bonchev–Trinajstić information content (AvgIpc) is 2.82. The molecule has 1 aliphatic rings. The number of hydrogen-bond donors (Lipinski definition) is 0. The minimum Gasteiger partial charge on any atom is -0.334 e. The number of nitrogens with zero attached hydrogens (tertiary/aromatic N) is 2. The lowest BCUT2D eigenvalue weighted by atomic mass is 10.0. The van der Waals surface area contributed by atoms with E-state index in [0.717, 1.165) is 12.2 Å². The summed E-state index contributed by atoms with van der Waals surface area (Å²) in [5.41, 5.74) is 5.42. The third-order valence-corrected chi connectivity index (χ3v) is 3.12. The lowest BCUT2D eigenvalue weighted by Crippen LogP contribution is -1.94. The van der Waals surface area contributed by atoms with Crippen molar-refractivity contribution >= 4 is 6.08 Å². The van der Waals surface area contributed by atoms with Gasteiger partial charge in [-0.25, -0.2) is 4.98 Å². The highest BCUT2D eigenvalue weighted by Crippen LogP contribution is 2.32. The summed E-state index contributed by atoms with van der Waals surface area (Å²) in [4.78, 5) is 4.42. The van der Waals surface area contributed by atoms with Crippen molar-refractivity contribution in [2.45, 2.75) is 13.3 Å². The molecule has 0 saturated carbocycles. The Bertz CT molecular complexity index is 576. The molecule has 0 N–H and O–H groups in total. The van der Waals surface area contributed by atoms with E-state index in [0.29, 0.717) is 0 Å². The largest absolute Gasteiger partial charge is 0.334 e. The molecule has 0 bridgehead atoms. The van der Waals surface area contributed by atoms with Crippen LogP contribution in [-0.2, 0) is 13.5 Å². The monoisotopic (exact) mass is 210 g/mol. The van der Waals surface area contributed by atoms with Crippen LogP contribution in [0.4, 0.5) is 0 Å². The van der Waals surface area contributed by atoms with Crippen molar-refractivity contribution in [2.75, 3.05) is 0 Å². The van der Waals surface area contributed by atoms with Crippen molar-refractivity contribution in [3.8, 4) is 11.4 Å². The van der Waals surface area contributed by atoms with E-state index in [-0.39, 0.29) is 0 Å². The van der Waals surface area contributed by atoms with E-state index in [2.05, 4.69) is 40.7 Å². The second-order valence-corrected chi connectivity index (χ2v) is 4.41. The minimum atomic E-state index is 1.04. The molecule has 0 spiro atoms. The van der Waals surface area contributed by atoms with E-state index in [1.165, 1.54) is 22.3 Å².